The molecule has 0 aliphatic carbocycles. The van der Waals surface area contributed by atoms with E-state index in [4.69, 9.17) is 0 Å². The fourth-order valence-electron chi connectivity index (χ4n) is 1.75. The van der Waals surface area contributed by atoms with Crippen LogP contribution in [0.4, 0.5) is 0 Å². The Labute approximate surface area is 87.4 Å². The molecule has 0 radical (unpaired) electrons. The standard InChI is InChI=1S/C12H11N3/c1-9-7-15(8-13-9)12-6-10-4-2-3-5-11(10)14-12/h2-8,14H,1H3. The number of hydrogen-bond donors (Lipinski definition) is 1. The summed E-state index contributed by atoms with van der Waals surface area (Å²) in [5.41, 5.74) is 2.17. The smallest absolute Gasteiger partial charge is 0.116 e. The molecule has 3 rings (SSSR count). The van der Waals surface area contributed by atoms with Gasteiger partial charge in [-0.3, -0.25) is 4.57 Å². The van der Waals surface area contributed by atoms with E-state index in [1.807, 2.05) is 36.1 Å². The molecule has 0 unspecified atom stereocenters. The molecule has 0 fully saturated rings. The van der Waals surface area contributed by atoms with Crippen LogP contribution in [0.5, 0.6) is 0 Å². The lowest BCUT2D eigenvalue weighted by Crippen LogP contribution is -1.88. The molecular weight excluding hydrogens is 186 g/mol. The largest absolute Gasteiger partial charge is 0.341 e. The fraction of sp³-hybridized carbons (Fsp3) is 0.0833. The number of aromatic nitrogens is 3. The molecule has 0 aliphatic rings. The topological polar surface area (TPSA) is 33.6 Å². The lowest BCUT2D eigenvalue weighted by Gasteiger charge is -1.94. The summed E-state index contributed by atoms with van der Waals surface area (Å²) in [5.74, 6) is 1.05. The monoisotopic (exact) mass is 197 g/mol. The van der Waals surface area contributed by atoms with Crippen LogP contribution in [0.15, 0.2) is 42.9 Å². The maximum absolute atomic E-state index is 4.21. The molecule has 1 aromatic carbocycles. The van der Waals surface area contributed by atoms with E-state index in [9.17, 15) is 0 Å². The first-order valence-corrected chi connectivity index (χ1v) is 4.92. The number of imidazole rings is 1. The third kappa shape index (κ3) is 1.32. The molecule has 3 heteroatoms. The molecule has 0 spiro atoms. The molecule has 2 heterocycles. The number of aryl methyl sites for hydroxylation is 1. The van der Waals surface area contributed by atoms with Gasteiger partial charge in [-0.2, -0.15) is 0 Å². The Bertz CT molecular complexity index is 571. The van der Waals surface area contributed by atoms with E-state index in [1.165, 1.54) is 5.39 Å². The summed E-state index contributed by atoms with van der Waals surface area (Å²) in [6, 6.07) is 10.4. The molecule has 3 aromatic rings. The maximum atomic E-state index is 4.21. The van der Waals surface area contributed by atoms with Crippen LogP contribution in [0.3, 0.4) is 0 Å². The molecule has 0 atom stereocenters. The van der Waals surface area contributed by atoms with Crippen molar-refractivity contribution < 1.29 is 0 Å². The molecular formula is C12H11N3. The van der Waals surface area contributed by atoms with E-state index < -0.39 is 0 Å². The third-order valence-corrected chi connectivity index (χ3v) is 2.51. The van der Waals surface area contributed by atoms with E-state index in [2.05, 4.69) is 28.2 Å². The van der Waals surface area contributed by atoms with Crippen LogP contribution in [0, 0.1) is 6.92 Å². The number of hydrogen-bond acceptors (Lipinski definition) is 1. The molecule has 15 heavy (non-hydrogen) atoms. The summed E-state index contributed by atoms with van der Waals surface area (Å²) in [6.07, 6.45) is 3.82. The van der Waals surface area contributed by atoms with Crippen molar-refractivity contribution in [1.82, 2.24) is 14.5 Å². The highest BCUT2D eigenvalue weighted by Crippen LogP contribution is 2.17. The highest BCUT2D eigenvalue weighted by atomic mass is 15.1. The van der Waals surface area contributed by atoms with Gasteiger partial charge in [-0.25, -0.2) is 4.98 Å². The molecule has 2 aromatic heterocycles. The summed E-state index contributed by atoms with van der Waals surface area (Å²) in [4.78, 5) is 7.55. The number of fused-ring (bicyclic) bond motifs is 1. The van der Waals surface area contributed by atoms with E-state index >= 15 is 0 Å². The van der Waals surface area contributed by atoms with Crippen molar-refractivity contribution in [1.29, 1.82) is 0 Å². The van der Waals surface area contributed by atoms with Crippen molar-refractivity contribution in [3.05, 3.63) is 48.5 Å². The van der Waals surface area contributed by atoms with Crippen LogP contribution in [0.2, 0.25) is 0 Å². The summed E-state index contributed by atoms with van der Waals surface area (Å²) >= 11 is 0. The van der Waals surface area contributed by atoms with E-state index in [-0.39, 0.29) is 0 Å². The lowest BCUT2D eigenvalue weighted by molar-refractivity contribution is 1.02. The highest BCUT2D eigenvalue weighted by molar-refractivity contribution is 5.81. The minimum absolute atomic E-state index is 1.02. The summed E-state index contributed by atoms with van der Waals surface area (Å²) in [7, 11) is 0. The summed E-state index contributed by atoms with van der Waals surface area (Å²) in [6.45, 7) is 1.99. The summed E-state index contributed by atoms with van der Waals surface area (Å²) < 4.78 is 2.00. The zero-order valence-electron chi connectivity index (χ0n) is 8.44. The third-order valence-electron chi connectivity index (χ3n) is 2.51. The van der Waals surface area contributed by atoms with E-state index in [0.29, 0.717) is 0 Å². The molecule has 0 aliphatic heterocycles. The van der Waals surface area contributed by atoms with Gasteiger partial charge in [0.2, 0.25) is 0 Å². The number of H-pyrrole nitrogens is 1. The van der Waals surface area contributed by atoms with Gasteiger partial charge in [0, 0.05) is 17.1 Å². The van der Waals surface area contributed by atoms with Gasteiger partial charge in [-0.1, -0.05) is 18.2 Å². The van der Waals surface area contributed by atoms with Crippen molar-refractivity contribution in [2.24, 2.45) is 0 Å². The Morgan fingerprint density at radius 1 is 1.27 bits per heavy atom. The van der Waals surface area contributed by atoms with Crippen molar-refractivity contribution >= 4 is 10.9 Å². The van der Waals surface area contributed by atoms with Gasteiger partial charge in [-0.05, 0) is 19.1 Å². The minimum Gasteiger partial charge on any atom is -0.341 e. The SMILES string of the molecule is Cc1cn(-c2cc3ccccc3[nH]2)cn1. The Kier molecular flexibility index (Phi) is 1.65. The second kappa shape index (κ2) is 2.98. The first-order chi connectivity index (χ1) is 7.33. The van der Waals surface area contributed by atoms with Crippen LogP contribution in [-0.2, 0) is 0 Å². The molecule has 0 saturated carbocycles. The predicted molar refractivity (Wildman–Crippen MR) is 60.2 cm³/mol. The Hall–Kier alpha value is -2.03. The molecule has 0 bridgehead atoms. The zero-order chi connectivity index (χ0) is 10.3. The van der Waals surface area contributed by atoms with Crippen molar-refractivity contribution in [2.75, 3.05) is 0 Å². The van der Waals surface area contributed by atoms with Crippen LogP contribution in [-0.4, -0.2) is 14.5 Å². The summed E-state index contributed by atoms with van der Waals surface area (Å²) in [5, 5.41) is 1.22. The molecule has 74 valence electrons. The molecule has 1 N–H and O–H groups in total. The van der Waals surface area contributed by atoms with Gasteiger partial charge in [0.05, 0.1) is 5.69 Å². The molecule has 3 nitrogen and oxygen atoms in total. The van der Waals surface area contributed by atoms with Gasteiger partial charge >= 0.3 is 0 Å². The lowest BCUT2D eigenvalue weighted by atomic mass is 10.2. The normalized spacial score (nSPS) is 11.0. The zero-order valence-corrected chi connectivity index (χ0v) is 8.44. The number of aromatic amines is 1. The van der Waals surface area contributed by atoms with Crippen LogP contribution < -0.4 is 0 Å². The average Bonchev–Trinajstić information content (AvgIpc) is 2.82. The number of benzene rings is 1. The molecule has 0 saturated heterocycles. The quantitative estimate of drug-likeness (QED) is 0.639. The van der Waals surface area contributed by atoms with Crippen molar-refractivity contribution in [2.45, 2.75) is 6.92 Å². The first kappa shape index (κ1) is 8.29. The average molecular weight is 197 g/mol. The number of nitrogens with zero attached hydrogens (tertiary/aromatic N) is 2. The van der Waals surface area contributed by atoms with E-state index in [1.54, 1.807) is 0 Å². The predicted octanol–water partition coefficient (Wildman–Crippen LogP) is 2.66. The van der Waals surface area contributed by atoms with Crippen LogP contribution in [0.25, 0.3) is 16.7 Å². The Morgan fingerprint density at radius 3 is 2.87 bits per heavy atom. The Balaban J connectivity index is 2.19. The second-order valence-electron chi connectivity index (χ2n) is 3.66. The van der Waals surface area contributed by atoms with Gasteiger partial charge in [-0.15, -0.1) is 0 Å². The molecule has 0 amide bonds. The van der Waals surface area contributed by atoms with Gasteiger partial charge in [0.1, 0.15) is 12.1 Å². The van der Waals surface area contributed by atoms with Crippen molar-refractivity contribution in [3.63, 3.8) is 0 Å². The fourth-order valence-corrected chi connectivity index (χ4v) is 1.75. The van der Waals surface area contributed by atoms with Gasteiger partial charge in [0.15, 0.2) is 0 Å². The van der Waals surface area contributed by atoms with Crippen molar-refractivity contribution in [3.8, 4) is 5.82 Å². The van der Waals surface area contributed by atoms with Gasteiger partial charge in [0.25, 0.3) is 0 Å². The second-order valence-corrected chi connectivity index (χ2v) is 3.66. The van der Waals surface area contributed by atoms with Crippen LogP contribution in [0.1, 0.15) is 5.69 Å². The number of para-hydroxylation sites is 1. The maximum Gasteiger partial charge on any atom is 0.116 e. The van der Waals surface area contributed by atoms with Crippen LogP contribution >= 0.6 is 0 Å². The minimum atomic E-state index is 1.02. The highest BCUT2D eigenvalue weighted by Gasteiger charge is 2.01. The Morgan fingerprint density at radius 2 is 2.13 bits per heavy atom. The van der Waals surface area contributed by atoms with E-state index in [0.717, 1.165) is 17.0 Å². The number of nitrogens with one attached hydrogen (secondary N) is 1. The van der Waals surface area contributed by atoms with Gasteiger partial charge < -0.3 is 4.98 Å². The first-order valence-electron chi connectivity index (χ1n) is 4.92. The number of rotatable bonds is 1.